The summed E-state index contributed by atoms with van der Waals surface area (Å²) >= 11 is 0. The zero-order valence-corrected chi connectivity index (χ0v) is 14.7. The zero-order valence-electron chi connectivity index (χ0n) is 14.7. The highest BCUT2D eigenvalue weighted by atomic mass is 16.2. The summed E-state index contributed by atoms with van der Waals surface area (Å²) in [4.78, 5) is 12.5. The number of benzene rings is 2. The van der Waals surface area contributed by atoms with Gasteiger partial charge in [-0.1, -0.05) is 63.2 Å². The molecule has 1 aliphatic carbocycles. The van der Waals surface area contributed by atoms with E-state index in [2.05, 4.69) is 73.9 Å². The molecule has 3 nitrogen and oxygen atoms in total. The van der Waals surface area contributed by atoms with Gasteiger partial charge in [0, 0.05) is 11.7 Å². The van der Waals surface area contributed by atoms with Crippen LogP contribution >= 0.6 is 0 Å². The predicted octanol–water partition coefficient (Wildman–Crippen LogP) is 4.66. The minimum atomic E-state index is -0.101. The van der Waals surface area contributed by atoms with Crippen molar-refractivity contribution in [3.63, 3.8) is 0 Å². The van der Waals surface area contributed by atoms with Gasteiger partial charge in [0.15, 0.2) is 0 Å². The van der Waals surface area contributed by atoms with E-state index in [1.54, 1.807) is 0 Å². The van der Waals surface area contributed by atoms with Gasteiger partial charge in [-0.05, 0) is 47.4 Å². The number of hydrogen-bond acceptors (Lipinski definition) is 1. The highest BCUT2D eigenvalue weighted by Gasteiger charge is 2.23. The second-order valence-corrected chi connectivity index (χ2v) is 6.86. The Bertz CT molecular complexity index is 711. The van der Waals surface area contributed by atoms with Crippen molar-refractivity contribution < 1.29 is 4.79 Å². The third-order valence-electron chi connectivity index (χ3n) is 4.81. The first-order valence-electron chi connectivity index (χ1n) is 8.84. The second kappa shape index (κ2) is 7.08. The average molecular weight is 322 g/mol. The highest BCUT2D eigenvalue weighted by Crippen LogP contribution is 2.28. The number of fused-ring (bicyclic) bond motifs is 1. The molecular weight excluding hydrogens is 296 g/mol. The molecule has 1 aliphatic rings. The van der Waals surface area contributed by atoms with Crippen molar-refractivity contribution in [2.75, 3.05) is 5.32 Å². The Hall–Kier alpha value is -2.29. The molecule has 2 aromatic rings. The van der Waals surface area contributed by atoms with E-state index in [0.29, 0.717) is 5.92 Å². The Morgan fingerprint density at radius 3 is 2.33 bits per heavy atom. The van der Waals surface area contributed by atoms with Gasteiger partial charge in [-0.15, -0.1) is 0 Å². The molecule has 0 bridgehead atoms. The minimum absolute atomic E-state index is 0.101. The minimum Gasteiger partial charge on any atom is -0.334 e. The summed E-state index contributed by atoms with van der Waals surface area (Å²) in [6.45, 7) is 6.44. The third-order valence-corrected chi connectivity index (χ3v) is 4.81. The quantitative estimate of drug-likeness (QED) is 0.844. The Labute approximate surface area is 144 Å². The van der Waals surface area contributed by atoms with Crippen LogP contribution in [-0.4, -0.2) is 12.1 Å². The molecule has 0 saturated heterocycles. The summed E-state index contributed by atoms with van der Waals surface area (Å²) in [6, 6.07) is 14.8. The molecular formula is C21H26N2O. The van der Waals surface area contributed by atoms with E-state index >= 15 is 0 Å². The molecule has 0 spiro atoms. The number of hydrogen-bond donors (Lipinski definition) is 2. The van der Waals surface area contributed by atoms with Crippen molar-refractivity contribution >= 4 is 11.7 Å². The largest absolute Gasteiger partial charge is 0.334 e. The fraction of sp³-hybridized carbons (Fsp3) is 0.381. The summed E-state index contributed by atoms with van der Waals surface area (Å²) in [5.41, 5.74) is 6.05. The Balaban J connectivity index is 1.70. The molecule has 0 heterocycles. The number of carbonyl (C=O) groups is 1. The number of para-hydroxylation sites is 1. The van der Waals surface area contributed by atoms with Gasteiger partial charge in [0.05, 0.1) is 0 Å². The normalized spacial score (nSPS) is 13.8. The summed E-state index contributed by atoms with van der Waals surface area (Å²) in [5, 5.41) is 6.26. The number of amides is 2. The van der Waals surface area contributed by atoms with Crippen molar-refractivity contribution in [1.29, 1.82) is 0 Å². The highest BCUT2D eigenvalue weighted by molar-refractivity contribution is 5.91. The summed E-state index contributed by atoms with van der Waals surface area (Å²) in [6.07, 6.45) is 2.73. The van der Waals surface area contributed by atoms with Gasteiger partial charge >= 0.3 is 6.03 Å². The molecule has 0 atom stereocenters. The Morgan fingerprint density at radius 2 is 1.75 bits per heavy atom. The van der Waals surface area contributed by atoms with Crippen LogP contribution in [0.2, 0.25) is 0 Å². The van der Waals surface area contributed by atoms with Crippen molar-refractivity contribution in [1.82, 2.24) is 5.32 Å². The van der Waals surface area contributed by atoms with E-state index in [-0.39, 0.29) is 12.1 Å². The molecule has 3 rings (SSSR count). The van der Waals surface area contributed by atoms with E-state index in [0.717, 1.165) is 24.9 Å². The van der Waals surface area contributed by atoms with E-state index in [9.17, 15) is 4.79 Å². The first-order chi connectivity index (χ1) is 11.6. The third kappa shape index (κ3) is 3.45. The van der Waals surface area contributed by atoms with Gasteiger partial charge in [-0.25, -0.2) is 4.79 Å². The van der Waals surface area contributed by atoms with Crippen LogP contribution in [0.3, 0.4) is 0 Å². The first-order valence-corrected chi connectivity index (χ1v) is 8.84. The fourth-order valence-corrected chi connectivity index (χ4v) is 3.54. The van der Waals surface area contributed by atoms with Crippen LogP contribution in [0, 0.1) is 0 Å². The van der Waals surface area contributed by atoms with Crippen molar-refractivity contribution in [2.45, 2.75) is 52.0 Å². The van der Waals surface area contributed by atoms with Crippen molar-refractivity contribution in [3.8, 4) is 0 Å². The van der Waals surface area contributed by atoms with Crippen LogP contribution in [-0.2, 0) is 19.3 Å². The molecule has 3 heteroatoms. The molecule has 2 aromatic carbocycles. The van der Waals surface area contributed by atoms with Crippen LogP contribution < -0.4 is 10.6 Å². The molecule has 126 valence electrons. The van der Waals surface area contributed by atoms with Gasteiger partial charge in [0.25, 0.3) is 0 Å². The number of urea groups is 1. The van der Waals surface area contributed by atoms with Gasteiger partial charge in [0.2, 0.25) is 0 Å². The molecule has 0 saturated carbocycles. The van der Waals surface area contributed by atoms with Crippen LogP contribution in [0.25, 0.3) is 0 Å². The summed E-state index contributed by atoms with van der Waals surface area (Å²) in [5.74, 6) is 0.377. The molecule has 0 aliphatic heterocycles. The lowest BCUT2D eigenvalue weighted by atomic mass is 9.96. The maximum atomic E-state index is 12.5. The van der Waals surface area contributed by atoms with Crippen molar-refractivity contribution in [2.24, 2.45) is 0 Å². The van der Waals surface area contributed by atoms with Gasteiger partial charge in [-0.3, -0.25) is 0 Å². The van der Waals surface area contributed by atoms with E-state index < -0.39 is 0 Å². The van der Waals surface area contributed by atoms with E-state index in [1.165, 1.54) is 22.3 Å². The number of carbonyl (C=O) groups excluding carboxylic acids is 1. The molecule has 2 amide bonds. The number of anilines is 1. The number of aryl methyl sites for hydroxylation is 1. The topological polar surface area (TPSA) is 41.1 Å². The second-order valence-electron chi connectivity index (χ2n) is 6.86. The monoisotopic (exact) mass is 322 g/mol. The predicted molar refractivity (Wildman–Crippen MR) is 99.7 cm³/mol. The smallest absolute Gasteiger partial charge is 0.319 e. The summed E-state index contributed by atoms with van der Waals surface area (Å²) < 4.78 is 0. The molecule has 24 heavy (non-hydrogen) atoms. The van der Waals surface area contributed by atoms with Gasteiger partial charge in [-0.2, -0.15) is 0 Å². The van der Waals surface area contributed by atoms with E-state index in [4.69, 9.17) is 0 Å². The molecule has 0 fully saturated rings. The maximum Gasteiger partial charge on any atom is 0.319 e. The van der Waals surface area contributed by atoms with Crippen molar-refractivity contribution in [3.05, 3.63) is 64.7 Å². The lowest BCUT2D eigenvalue weighted by Crippen LogP contribution is -2.38. The Morgan fingerprint density at radius 1 is 1.08 bits per heavy atom. The number of rotatable bonds is 4. The molecule has 2 N–H and O–H groups in total. The van der Waals surface area contributed by atoms with Crippen LogP contribution in [0.1, 0.15) is 48.9 Å². The summed E-state index contributed by atoms with van der Waals surface area (Å²) in [7, 11) is 0. The number of nitrogens with one attached hydrogen (secondary N) is 2. The lowest BCUT2D eigenvalue weighted by Gasteiger charge is -2.19. The average Bonchev–Trinajstić information content (AvgIpc) is 2.96. The fourth-order valence-electron chi connectivity index (χ4n) is 3.54. The van der Waals surface area contributed by atoms with E-state index in [1.807, 2.05) is 0 Å². The first kappa shape index (κ1) is 16.6. The van der Waals surface area contributed by atoms with Crippen LogP contribution in [0.4, 0.5) is 10.5 Å². The standard InChI is InChI=1S/C21H26N2O/c1-4-15-10-7-11-19(14(2)3)20(15)23-21(24)22-18-12-16-8-5-6-9-17(16)13-18/h5-11,14,18H,4,12-13H2,1-3H3,(H2,22,23,24). The van der Waals surface area contributed by atoms with Gasteiger partial charge in [0.1, 0.15) is 0 Å². The molecule has 0 unspecified atom stereocenters. The van der Waals surface area contributed by atoms with Crippen LogP contribution in [0.5, 0.6) is 0 Å². The zero-order chi connectivity index (χ0) is 17.1. The maximum absolute atomic E-state index is 12.5. The Kier molecular flexibility index (Phi) is 4.89. The SMILES string of the molecule is CCc1cccc(C(C)C)c1NC(=O)NC1Cc2ccccc2C1. The molecule has 0 radical (unpaired) electrons. The van der Waals surface area contributed by atoms with Crippen LogP contribution in [0.15, 0.2) is 42.5 Å². The lowest BCUT2D eigenvalue weighted by molar-refractivity contribution is 0.248. The van der Waals surface area contributed by atoms with Gasteiger partial charge < -0.3 is 10.6 Å². The molecule has 0 aromatic heterocycles.